The summed E-state index contributed by atoms with van der Waals surface area (Å²) in [6, 6.07) is 9.51. The third-order valence-corrected chi connectivity index (χ3v) is 3.81. The van der Waals surface area contributed by atoms with Gasteiger partial charge in [-0.15, -0.1) is 0 Å². The van der Waals surface area contributed by atoms with Gasteiger partial charge in [0.1, 0.15) is 16.7 Å². The van der Waals surface area contributed by atoms with E-state index in [1.54, 1.807) is 13.4 Å². The van der Waals surface area contributed by atoms with Crippen molar-refractivity contribution in [1.82, 2.24) is 0 Å². The van der Waals surface area contributed by atoms with E-state index in [2.05, 4.69) is 0 Å². The Bertz CT molecular complexity index is 1050. The molecular weight excluding hydrogens is 268 g/mol. The molecule has 2 aromatic carbocycles. The van der Waals surface area contributed by atoms with Crippen LogP contribution < -0.4 is 10.4 Å². The molecule has 4 nitrogen and oxygen atoms in total. The molecule has 0 spiro atoms. The summed E-state index contributed by atoms with van der Waals surface area (Å²) in [6.45, 7) is 1.83. The molecule has 0 atom stereocenters. The van der Waals surface area contributed by atoms with Crippen LogP contribution in [-0.4, -0.2) is 7.11 Å². The van der Waals surface area contributed by atoms with Gasteiger partial charge in [-0.25, -0.2) is 4.79 Å². The molecule has 0 bridgehead atoms. The van der Waals surface area contributed by atoms with Crippen LogP contribution in [0.3, 0.4) is 0 Å². The van der Waals surface area contributed by atoms with Crippen molar-refractivity contribution in [3.05, 3.63) is 52.6 Å². The highest BCUT2D eigenvalue weighted by Crippen LogP contribution is 2.34. The number of hydrogen-bond acceptors (Lipinski definition) is 4. The second kappa shape index (κ2) is 4.12. The van der Waals surface area contributed by atoms with E-state index in [9.17, 15) is 4.79 Å². The van der Waals surface area contributed by atoms with Crippen molar-refractivity contribution in [1.29, 1.82) is 0 Å². The van der Waals surface area contributed by atoms with Crippen molar-refractivity contribution >= 4 is 32.7 Å². The molecule has 0 amide bonds. The Kier molecular flexibility index (Phi) is 2.36. The highest BCUT2D eigenvalue weighted by molar-refractivity contribution is 6.13. The maximum atomic E-state index is 12.2. The van der Waals surface area contributed by atoms with E-state index in [4.69, 9.17) is 13.6 Å². The maximum absolute atomic E-state index is 12.2. The number of fused-ring (bicyclic) bond motifs is 5. The molecular formula is C17H12O4. The molecule has 21 heavy (non-hydrogen) atoms. The lowest BCUT2D eigenvalue weighted by Crippen LogP contribution is -1.99. The lowest BCUT2D eigenvalue weighted by Gasteiger charge is -2.07. The zero-order valence-corrected chi connectivity index (χ0v) is 11.6. The molecule has 0 saturated heterocycles. The largest absolute Gasteiger partial charge is 0.496 e. The van der Waals surface area contributed by atoms with E-state index in [-0.39, 0.29) is 5.63 Å². The zero-order chi connectivity index (χ0) is 14.6. The molecule has 104 valence electrons. The van der Waals surface area contributed by atoms with Crippen LogP contribution >= 0.6 is 0 Å². The predicted molar refractivity (Wildman–Crippen MR) is 81.1 cm³/mol. The Morgan fingerprint density at radius 1 is 1.00 bits per heavy atom. The molecule has 2 heterocycles. The summed E-state index contributed by atoms with van der Waals surface area (Å²) in [5.41, 5.74) is 1.51. The summed E-state index contributed by atoms with van der Waals surface area (Å²) in [5, 5.41) is 3.03. The van der Waals surface area contributed by atoms with Gasteiger partial charge in [-0.1, -0.05) is 12.1 Å². The molecule has 4 rings (SSSR count). The smallest absolute Gasteiger partial charge is 0.347 e. The minimum atomic E-state index is -0.376. The third-order valence-electron chi connectivity index (χ3n) is 3.81. The first-order valence-corrected chi connectivity index (χ1v) is 6.61. The van der Waals surface area contributed by atoms with E-state index in [0.29, 0.717) is 16.6 Å². The number of rotatable bonds is 1. The molecule has 4 heteroatoms. The van der Waals surface area contributed by atoms with Gasteiger partial charge in [-0.05, 0) is 25.1 Å². The van der Waals surface area contributed by atoms with Gasteiger partial charge in [0.15, 0.2) is 5.58 Å². The summed E-state index contributed by atoms with van der Waals surface area (Å²) >= 11 is 0. The van der Waals surface area contributed by atoms with Crippen LogP contribution in [0.1, 0.15) is 5.56 Å². The Morgan fingerprint density at radius 2 is 1.81 bits per heavy atom. The highest BCUT2D eigenvalue weighted by Gasteiger charge is 2.16. The SMILES string of the molecule is COc1cccc2c1ccc1c3occ(C)c3c(=O)oc21. The summed E-state index contributed by atoms with van der Waals surface area (Å²) in [4.78, 5) is 12.2. The molecule has 2 aromatic heterocycles. The predicted octanol–water partition coefficient (Wildman–Crippen LogP) is 4.01. The molecule has 0 unspecified atom stereocenters. The number of ether oxygens (including phenoxy) is 1. The summed E-state index contributed by atoms with van der Waals surface area (Å²) < 4.78 is 16.5. The minimum Gasteiger partial charge on any atom is -0.496 e. The van der Waals surface area contributed by atoms with Gasteiger partial charge in [0.05, 0.1) is 18.8 Å². The molecule has 0 N–H and O–H groups in total. The van der Waals surface area contributed by atoms with Gasteiger partial charge in [0, 0.05) is 16.3 Å². The molecule has 0 radical (unpaired) electrons. The summed E-state index contributed by atoms with van der Waals surface area (Å²) in [6.07, 6.45) is 1.58. The fraction of sp³-hybridized carbons (Fsp3) is 0.118. The molecule has 0 aliphatic rings. The van der Waals surface area contributed by atoms with Gasteiger partial charge >= 0.3 is 5.63 Å². The molecule has 0 fully saturated rings. The fourth-order valence-corrected chi connectivity index (χ4v) is 2.81. The van der Waals surface area contributed by atoms with E-state index < -0.39 is 0 Å². The van der Waals surface area contributed by atoms with Crippen LogP contribution in [0.5, 0.6) is 5.75 Å². The second-order valence-corrected chi connectivity index (χ2v) is 5.01. The standard InChI is InChI=1S/C17H12O4/c1-9-8-20-16-12-7-6-10-11(4-3-5-13(10)19-2)15(12)21-17(18)14(9)16/h3-8H,1-2H3. The van der Waals surface area contributed by atoms with Crippen LogP contribution in [-0.2, 0) is 0 Å². The lowest BCUT2D eigenvalue weighted by molar-refractivity contribution is 0.420. The van der Waals surface area contributed by atoms with Gasteiger partial charge in [0.2, 0.25) is 0 Å². The fourth-order valence-electron chi connectivity index (χ4n) is 2.81. The molecule has 4 aromatic rings. The van der Waals surface area contributed by atoms with Gasteiger partial charge in [-0.2, -0.15) is 0 Å². The second-order valence-electron chi connectivity index (χ2n) is 5.01. The van der Waals surface area contributed by atoms with E-state index in [1.165, 1.54) is 0 Å². The van der Waals surface area contributed by atoms with Gasteiger partial charge in [0.25, 0.3) is 0 Å². The van der Waals surface area contributed by atoms with Crippen LogP contribution in [0.15, 0.2) is 50.2 Å². The molecule has 0 aliphatic carbocycles. The van der Waals surface area contributed by atoms with E-state index in [1.807, 2.05) is 37.3 Å². The monoisotopic (exact) mass is 280 g/mol. The summed E-state index contributed by atoms with van der Waals surface area (Å²) in [5.74, 6) is 0.743. The Labute approximate surface area is 119 Å². The maximum Gasteiger partial charge on any atom is 0.347 e. The molecule has 0 saturated carbocycles. The van der Waals surface area contributed by atoms with Crippen molar-refractivity contribution in [3.8, 4) is 5.75 Å². The number of aryl methyl sites for hydroxylation is 1. The molecule has 0 aliphatic heterocycles. The van der Waals surface area contributed by atoms with Crippen LogP contribution in [0.4, 0.5) is 0 Å². The van der Waals surface area contributed by atoms with Crippen LogP contribution in [0.25, 0.3) is 32.7 Å². The number of furan rings is 1. The first-order chi connectivity index (χ1) is 10.2. The Morgan fingerprint density at radius 3 is 2.62 bits per heavy atom. The van der Waals surface area contributed by atoms with Crippen molar-refractivity contribution < 1.29 is 13.6 Å². The average molecular weight is 280 g/mol. The zero-order valence-electron chi connectivity index (χ0n) is 11.6. The first-order valence-electron chi connectivity index (χ1n) is 6.61. The first kappa shape index (κ1) is 12.0. The number of methoxy groups -OCH3 is 1. The Hall–Kier alpha value is -2.75. The quantitative estimate of drug-likeness (QED) is 0.390. The van der Waals surface area contributed by atoms with Crippen molar-refractivity contribution in [2.45, 2.75) is 6.92 Å². The Balaban J connectivity index is 2.30. The van der Waals surface area contributed by atoms with Gasteiger partial charge in [-0.3, -0.25) is 0 Å². The number of benzene rings is 2. The van der Waals surface area contributed by atoms with Crippen molar-refractivity contribution in [2.75, 3.05) is 7.11 Å². The third kappa shape index (κ3) is 1.53. The van der Waals surface area contributed by atoms with E-state index in [0.717, 1.165) is 27.5 Å². The lowest BCUT2D eigenvalue weighted by atomic mass is 10.0. The van der Waals surface area contributed by atoms with Crippen LogP contribution in [0, 0.1) is 6.92 Å². The highest BCUT2D eigenvalue weighted by atomic mass is 16.5. The normalized spacial score (nSPS) is 11.5. The average Bonchev–Trinajstić information content (AvgIpc) is 2.89. The minimum absolute atomic E-state index is 0.376. The number of hydrogen-bond donors (Lipinski definition) is 0. The van der Waals surface area contributed by atoms with E-state index >= 15 is 0 Å². The van der Waals surface area contributed by atoms with Crippen molar-refractivity contribution in [2.24, 2.45) is 0 Å². The van der Waals surface area contributed by atoms with Crippen molar-refractivity contribution in [3.63, 3.8) is 0 Å². The van der Waals surface area contributed by atoms with Crippen LogP contribution in [0.2, 0.25) is 0 Å². The topological polar surface area (TPSA) is 52.6 Å². The van der Waals surface area contributed by atoms with Gasteiger partial charge < -0.3 is 13.6 Å². The summed E-state index contributed by atoms with van der Waals surface area (Å²) in [7, 11) is 1.62.